The number of likely N-dealkylation sites (tertiary alicyclic amines) is 1. The van der Waals surface area contributed by atoms with Crippen molar-refractivity contribution in [2.45, 2.75) is 19.5 Å². The maximum absolute atomic E-state index is 13.2. The molecule has 1 N–H and O–H groups in total. The number of carbonyl (C=O) groups is 2. The van der Waals surface area contributed by atoms with E-state index in [0.29, 0.717) is 23.0 Å². The summed E-state index contributed by atoms with van der Waals surface area (Å²) < 4.78 is 16.3. The number of Topliss-reactive ketones (excluding diaryl/α,β-unsaturated/α-hetero) is 1. The second-order valence-corrected chi connectivity index (χ2v) is 7.98. The average molecular weight is 468 g/mol. The topological polar surface area (TPSA) is 89.2 Å². The molecule has 1 aliphatic heterocycles. The summed E-state index contributed by atoms with van der Waals surface area (Å²) in [5.41, 5.74) is 0.833. The number of halogens is 1. The Morgan fingerprint density at radius 2 is 1.79 bits per heavy atom. The zero-order chi connectivity index (χ0) is 23.7. The molecule has 1 saturated heterocycles. The van der Waals surface area contributed by atoms with Gasteiger partial charge < -0.3 is 23.9 Å². The van der Waals surface area contributed by atoms with Gasteiger partial charge in [-0.1, -0.05) is 23.7 Å². The zero-order valence-electron chi connectivity index (χ0n) is 18.3. The lowest BCUT2D eigenvalue weighted by atomic mass is 9.99. The van der Waals surface area contributed by atoms with Gasteiger partial charge in [0.15, 0.2) is 0 Å². The van der Waals surface area contributed by atoms with Crippen LogP contribution in [0, 0.1) is 6.92 Å². The number of benzene rings is 2. The molecule has 33 heavy (non-hydrogen) atoms. The van der Waals surface area contributed by atoms with Crippen LogP contribution < -0.4 is 9.47 Å². The number of hydrogen-bond donors (Lipinski definition) is 1. The van der Waals surface area contributed by atoms with Gasteiger partial charge in [0.25, 0.3) is 11.7 Å². The lowest BCUT2D eigenvalue weighted by Crippen LogP contribution is -2.29. The van der Waals surface area contributed by atoms with Crippen LogP contribution >= 0.6 is 11.6 Å². The fraction of sp³-hybridized carbons (Fsp3) is 0.200. The van der Waals surface area contributed by atoms with E-state index in [0.717, 1.165) is 5.56 Å². The van der Waals surface area contributed by atoms with Crippen molar-refractivity contribution in [1.29, 1.82) is 0 Å². The second-order valence-electron chi connectivity index (χ2n) is 7.57. The first-order valence-electron chi connectivity index (χ1n) is 10.2. The molecular weight excluding hydrogens is 446 g/mol. The minimum absolute atomic E-state index is 0.104. The maximum Gasteiger partial charge on any atom is 0.296 e. The number of aryl methyl sites for hydroxylation is 1. The first-order chi connectivity index (χ1) is 15.8. The quantitative estimate of drug-likeness (QED) is 0.316. The van der Waals surface area contributed by atoms with Crippen molar-refractivity contribution in [3.05, 3.63) is 87.8 Å². The van der Waals surface area contributed by atoms with E-state index in [-0.39, 0.29) is 22.7 Å². The number of methoxy groups -OCH3 is 2. The van der Waals surface area contributed by atoms with E-state index >= 15 is 0 Å². The molecule has 1 aromatic heterocycles. The number of hydrogen-bond acceptors (Lipinski definition) is 6. The Balaban J connectivity index is 1.86. The van der Waals surface area contributed by atoms with Crippen molar-refractivity contribution in [2.24, 2.45) is 0 Å². The van der Waals surface area contributed by atoms with Gasteiger partial charge in [0, 0.05) is 12.1 Å². The van der Waals surface area contributed by atoms with Crippen LogP contribution in [0.5, 0.6) is 11.5 Å². The van der Waals surface area contributed by atoms with Crippen molar-refractivity contribution >= 4 is 29.1 Å². The first kappa shape index (κ1) is 22.5. The van der Waals surface area contributed by atoms with E-state index in [1.165, 1.54) is 18.1 Å². The van der Waals surface area contributed by atoms with Crippen LogP contribution in [0.15, 0.2) is 64.6 Å². The Labute approximate surface area is 195 Å². The minimum atomic E-state index is -0.938. The summed E-state index contributed by atoms with van der Waals surface area (Å²) in [6.45, 7) is 1.87. The molecule has 7 nitrogen and oxygen atoms in total. The van der Waals surface area contributed by atoms with Crippen LogP contribution in [-0.4, -0.2) is 35.9 Å². The number of carbonyl (C=O) groups excluding carboxylic acids is 2. The predicted octanol–water partition coefficient (Wildman–Crippen LogP) is 4.88. The Morgan fingerprint density at radius 1 is 1.06 bits per heavy atom. The number of aliphatic hydroxyl groups excluding tert-OH is 1. The molecule has 1 atom stereocenters. The summed E-state index contributed by atoms with van der Waals surface area (Å²) in [4.78, 5) is 27.6. The average Bonchev–Trinajstić information content (AvgIpc) is 3.35. The smallest absolute Gasteiger partial charge is 0.296 e. The zero-order valence-corrected chi connectivity index (χ0v) is 19.1. The van der Waals surface area contributed by atoms with Crippen molar-refractivity contribution in [3.8, 4) is 11.5 Å². The Hall–Kier alpha value is -3.71. The number of rotatable bonds is 6. The van der Waals surface area contributed by atoms with Crippen molar-refractivity contribution < 1.29 is 28.6 Å². The van der Waals surface area contributed by atoms with E-state index in [9.17, 15) is 14.7 Å². The molecule has 1 aliphatic rings. The molecule has 170 valence electrons. The van der Waals surface area contributed by atoms with Crippen molar-refractivity contribution in [1.82, 2.24) is 4.90 Å². The molecule has 4 rings (SSSR count). The monoisotopic (exact) mass is 467 g/mol. The van der Waals surface area contributed by atoms with Gasteiger partial charge in [-0.15, -0.1) is 0 Å². The molecule has 3 aromatic rings. The fourth-order valence-corrected chi connectivity index (χ4v) is 4.07. The van der Waals surface area contributed by atoms with Gasteiger partial charge in [-0.2, -0.15) is 0 Å². The van der Waals surface area contributed by atoms with Gasteiger partial charge in [0.1, 0.15) is 34.8 Å². The van der Waals surface area contributed by atoms with Crippen LogP contribution in [0.4, 0.5) is 0 Å². The Bertz CT molecular complexity index is 1260. The SMILES string of the molecule is COc1cccc(CN2C(=O)C(=O)/C(=C(/O)c3cc(OC)ccc3Cl)C2c2ccc(C)o2)c1. The predicted molar refractivity (Wildman–Crippen MR) is 122 cm³/mol. The summed E-state index contributed by atoms with van der Waals surface area (Å²) >= 11 is 6.31. The Morgan fingerprint density at radius 3 is 2.45 bits per heavy atom. The van der Waals surface area contributed by atoms with Gasteiger partial charge in [0.2, 0.25) is 0 Å². The number of furan rings is 1. The molecule has 0 spiro atoms. The van der Waals surface area contributed by atoms with E-state index in [4.69, 9.17) is 25.5 Å². The molecule has 1 unspecified atom stereocenters. The third-order valence-electron chi connectivity index (χ3n) is 5.49. The standard InChI is InChI=1S/C25H22ClNO6/c1-14-7-10-20(33-14)22-21(23(28)18-12-17(32-3)8-9-19(18)26)24(29)25(30)27(22)13-15-5-4-6-16(11-15)31-2/h4-12,22,28H,13H2,1-3H3/b23-21+. The summed E-state index contributed by atoms with van der Waals surface area (Å²) in [5.74, 6) is 0.0522. The first-order valence-corrected chi connectivity index (χ1v) is 10.5. The highest BCUT2D eigenvalue weighted by atomic mass is 35.5. The van der Waals surface area contributed by atoms with Crippen LogP contribution in [0.1, 0.15) is 28.7 Å². The molecule has 1 amide bonds. The van der Waals surface area contributed by atoms with Crippen molar-refractivity contribution in [3.63, 3.8) is 0 Å². The van der Waals surface area contributed by atoms with Crippen LogP contribution in [0.25, 0.3) is 5.76 Å². The van der Waals surface area contributed by atoms with Gasteiger partial charge in [0.05, 0.1) is 24.8 Å². The number of aliphatic hydroxyl groups is 1. The van der Waals surface area contributed by atoms with Gasteiger partial charge in [-0.05, 0) is 55.0 Å². The van der Waals surface area contributed by atoms with Crippen LogP contribution in [0.2, 0.25) is 5.02 Å². The largest absolute Gasteiger partial charge is 0.507 e. The highest BCUT2D eigenvalue weighted by molar-refractivity contribution is 6.46. The fourth-order valence-electron chi connectivity index (χ4n) is 3.86. The van der Waals surface area contributed by atoms with E-state index in [2.05, 4.69) is 0 Å². The lowest BCUT2D eigenvalue weighted by molar-refractivity contribution is -0.140. The molecule has 0 saturated carbocycles. The molecule has 1 fully saturated rings. The van der Waals surface area contributed by atoms with E-state index in [1.807, 2.05) is 6.07 Å². The molecule has 0 radical (unpaired) electrons. The lowest BCUT2D eigenvalue weighted by Gasteiger charge is -2.23. The minimum Gasteiger partial charge on any atom is -0.507 e. The molecule has 2 heterocycles. The highest BCUT2D eigenvalue weighted by Gasteiger charge is 2.47. The van der Waals surface area contributed by atoms with E-state index < -0.39 is 23.5 Å². The van der Waals surface area contributed by atoms with Crippen LogP contribution in [-0.2, 0) is 16.1 Å². The second kappa shape index (κ2) is 9.03. The molecular formula is C25H22ClNO6. The third kappa shape index (κ3) is 4.19. The summed E-state index contributed by atoms with van der Waals surface area (Å²) in [6.07, 6.45) is 0. The highest BCUT2D eigenvalue weighted by Crippen LogP contribution is 2.42. The summed E-state index contributed by atoms with van der Waals surface area (Å²) in [6, 6.07) is 14.4. The van der Waals surface area contributed by atoms with Crippen LogP contribution in [0.3, 0.4) is 0 Å². The van der Waals surface area contributed by atoms with Crippen molar-refractivity contribution in [2.75, 3.05) is 14.2 Å². The molecule has 8 heteroatoms. The van der Waals surface area contributed by atoms with Gasteiger partial charge >= 0.3 is 0 Å². The van der Waals surface area contributed by atoms with Gasteiger partial charge in [-0.3, -0.25) is 9.59 Å². The normalized spacial score (nSPS) is 17.5. The van der Waals surface area contributed by atoms with E-state index in [1.54, 1.807) is 56.5 Å². The van der Waals surface area contributed by atoms with Gasteiger partial charge in [-0.25, -0.2) is 0 Å². The number of nitrogens with zero attached hydrogens (tertiary/aromatic N) is 1. The maximum atomic E-state index is 13.2. The molecule has 2 aromatic carbocycles. The Kier molecular flexibility index (Phi) is 6.16. The summed E-state index contributed by atoms with van der Waals surface area (Å²) in [5, 5.41) is 11.4. The number of ketones is 1. The molecule has 0 aliphatic carbocycles. The number of ether oxygens (including phenoxy) is 2. The third-order valence-corrected chi connectivity index (χ3v) is 5.82. The summed E-state index contributed by atoms with van der Waals surface area (Å²) in [7, 11) is 3.03. The number of amides is 1. The molecule has 0 bridgehead atoms.